The highest BCUT2D eigenvalue weighted by Gasteiger charge is 2.38. The molecule has 8 rings (SSSR count). The lowest BCUT2D eigenvalue weighted by Crippen LogP contribution is -2.52. The van der Waals surface area contributed by atoms with Crippen LogP contribution in [0, 0.1) is 6.92 Å². The molecule has 0 bridgehead atoms. The Kier molecular flexibility index (Phi) is 8.46. The quantitative estimate of drug-likeness (QED) is 0.187. The molecule has 0 spiro atoms. The molecule has 4 aromatic carbocycles. The number of aromatic amines is 1. The smallest absolute Gasteiger partial charge is 0.162 e. The van der Waals surface area contributed by atoms with Gasteiger partial charge in [0.1, 0.15) is 18.0 Å². The van der Waals surface area contributed by atoms with Crippen molar-refractivity contribution in [2.24, 2.45) is 0 Å². The summed E-state index contributed by atoms with van der Waals surface area (Å²) in [6.07, 6.45) is 2.82. The van der Waals surface area contributed by atoms with E-state index in [4.69, 9.17) is 14.7 Å². The van der Waals surface area contributed by atoms with Crippen molar-refractivity contribution in [1.29, 1.82) is 0 Å². The van der Waals surface area contributed by atoms with E-state index in [1.165, 1.54) is 11.1 Å². The number of rotatable bonds is 9. The third kappa shape index (κ3) is 6.00. The highest BCUT2D eigenvalue weighted by Crippen LogP contribution is 2.38. The summed E-state index contributed by atoms with van der Waals surface area (Å²) < 4.78 is 9.57. The van der Waals surface area contributed by atoms with Crippen molar-refractivity contribution in [1.82, 2.24) is 29.4 Å². The average molecular weight is 640 g/mol. The number of nitrogens with zero attached hydrogens (tertiary/aromatic N) is 6. The Balaban J connectivity index is 1.38. The minimum absolute atomic E-state index is 0.119. The predicted octanol–water partition coefficient (Wildman–Crippen LogP) is 6.85. The molecule has 0 aliphatic carbocycles. The summed E-state index contributed by atoms with van der Waals surface area (Å²) in [6, 6.07) is 36.6. The number of hydrogen-bond acceptors (Lipinski definition) is 6. The van der Waals surface area contributed by atoms with Crippen molar-refractivity contribution in [3.8, 4) is 0 Å². The number of fused-ring (bicyclic) bond motifs is 2. The molecular weight excluding hydrogens is 594 g/mol. The van der Waals surface area contributed by atoms with E-state index < -0.39 is 0 Å². The van der Waals surface area contributed by atoms with Gasteiger partial charge in [-0.1, -0.05) is 84.4 Å². The van der Waals surface area contributed by atoms with E-state index in [2.05, 4.69) is 149 Å². The number of likely N-dealkylation sites (tertiary alicyclic amines) is 2. The summed E-state index contributed by atoms with van der Waals surface area (Å²) in [5.41, 5.74) is 7.60. The number of para-hydroxylation sites is 4. The maximum absolute atomic E-state index is 7.15. The first-order chi connectivity index (χ1) is 23.5. The molecule has 3 atom stereocenters. The summed E-state index contributed by atoms with van der Waals surface area (Å²) in [5, 5.41) is 2.60. The topological polar surface area (TPSA) is 65.5 Å². The van der Waals surface area contributed by atoms with Gasteiger partial charge in [0.05, 0.1) is 28.2 Å². The summed E-state index contributed by atoms with van der Waals surface area (Å²) in [5.74, 6) is 1.83. The van der Waals surface area contributed by atoms with Gasteiger partial charge >= 0.3 is 0 Å². The third-order valence-corrected chi connectivity index (χ3v) is 10.2. The van der Waals surface area contributed by atoms with E-state index in [9.17, 15) is 0 Å². The van der Waals surface area contributed by atoms with Gasteiger partial charge in [-0.3, -0.25) is 5.01 Å². The van der Waals surface area contributed by atoms with Gasteiger partial charge in [0.15, 0.2) is 5.82 Å². The standard InChI is InChI=1S/C40H45N7O/c1-28-17-19-29(20-18-28)37(39-41-33-13-7-8-14-34(33)42-39)46(31-21-24-44(2)25-22-31)47-36-16-10-9-15-35(36)43-40(47)38(30-11-5-4-6-12-30)48-32-23-26-45(3)27-32/h4-20,31-32,37-38H,21-27H2,1-3H3,(H,41,42). The first-order valence-electron chi connectivity index (χ1n) is 17.4. The van der Waals surface area contributed by atoms with Crippen LogP contribution in [0.5, 0.6) is 0 Å². The molecular formula is C40H45N7O. The van der Waals surface area contributed by atoms with Crippen molar-refractivity contribution in [3.05, 3.63) is 131 Å². The Hall–Kier alpha value is -4.50. The number of benzene rings is 4. The Labute approximate surface area is 282 Å². The maximum atomic E-state index is 7.15. The number of aromatic nitrogens is 4. The maximum Gasteiger partial charge on any atom is 0.162 e. The van der Waals surface area contributed by atoms with Gasteiger partial charge in [0.2, 0.25) is 0 Å². The van der Waals surface area contributed by atoms with Gasteiger partial charge in [-0.2, -0.15) is 0 Å². The number of nitrogens with one attached hydrogen (secondary N) is 1. The fourth-order valence-electron chi connectivity index (χ4n) is 7.59. The summed E-state index contributed by atoms with van der Waals surface area (Å²) >= 11 is 0. The van der Waals surface area contributed by atoms with Crippen LogP contribution in [0.25, 0.3) is 22.1 Å². The third-order valence-electron chi connectivity index (χ3n) is 10.2. The zero-order valence-electron chi connectivity index (χ0n) is 28.2. The number of aryl methyl sites for hydroxylation is 1. The average Bonchev–Trinajstić information content (AvgIpc) is 3.84. The van der Waals surface area contributed by atoms with Crippen LogP contribution in [-0.2, 0) is 4.74 Å². The van der Waals surface area contributed by atoms with Crippen molar-refractivity contribution < 1.29 is 4.74 Å². The Morgan fingerprint density at radius 1 is 0.729 bits per heavy atom. The van der Waals surface area contributed by atoms with Crippen LogP contribution < -0.4 is 5.01 Å². The lowest BCUT2D eigenvalue weighted by atomic mass is 9.98. The number of H-pyrrole nitrogens is 1. The molecule has 0 radical (unpaired) electrons. The van der Waals surface area contributed by atoms with Gasteiger partial charge in [-0.05, 0) is 88.8 Å². The molecule has 48 heavy (non-hydrogen) atoms. The number of hydrogen-bond donors (Lipinski definition) is 1. The molecule has 0 amide bonds. The number of imidazole rings is 2. The summed E-state index contributed by atoms with van der Waals surface area (Å²) in [6.45, 7) is 6.14. The highest BCUT2D eigenvalue weighted by molar-refractivity contribution is 5.77. The molecule has 0 saturated carbocycles. The van der Waals surface area contributed by atoms with E-state index in [0.29, 0.717) is 0 Å². The molecule has 2 aliphatic heterocycles. The zero-order valence-corrected chi connectivity index (χ0v) is 28.2. The highest BCUT2D eigenvalue weighted by atomic mass is 16.5. The first-order valence-corrected chi connectivity index (χ1v) is 17.4. The van der Waals surface area contributed by atoms with Gasteiger partial charge in [0.25, 0.3) is 0 Å². The van der Waals surface area contributed by atoms with E-state index in [-0.39, 0.29) is 24.3 Å². The monoisotopic (exact) mass is 639 g/mol. The van der Waals surface area contributed by atoms with Gasteiger partial charge in [0, 0.05) is 19.1 Å². The van der Waals surface area contributed by atoms with Crippen LogP contribution in [0.3, 0.4) is 0 Å². The second kappa shape index (κ2) is 13.2. The molecule has 8 heteroatoms. The molecule has 6 aromatic rings. The Morgan fingerprint density at radius 2 is 1.42 bits per heavy atom. The molecule has 2 fully saturated rings. The number of likely N-dealkylation sites (N-methyl/N-ethyl adjacent to an activating group) is 1. The summed E-state index contributed by atoms with van der Waals surface area (Å²) in [7, 11) is 4.41. The fourth-order valence-corrected chi connectivity index (χ4v) is 7.59. The van der Waals surface area contributed by atoms with Crippen molar-refractivity contribution in [3.63, 3.8) is 0 Å². The van der Waals surface area contributed by atoms with E-state index in [0.717, 1.165) is 84.7 Å². The second-order valence-corrected chi connectivity index (χ2v) is 13.7. The molecule has 2 saturated heterocycles. The van der Waals surface area contributed by atoms with Crippen LogP contribution in [-0.4, -0.2) is 81.8 Å². The van der Waals surface area contributed by atoms with Gasteiger partial charge in [-0.25, -0.2) is 14.6 Å². The molecule has 246 valence electrons. The van der Waals surface area contributed by atoms with Crippen molar-refractivity contribution >= 4 is 22.1 Å². The van der Waals surface area contributed by atoms with E-state index in [1.807, 2.05) is 0 Å². The molecule has 8 nitrogen and oxygen atoms in total. The van der Waals surface area contributed by atoms with Gasteiger partial charge in [-0.15, -0.1) is 0 Å². The van der Waals surface area contributed by atoms with E-state index in [1.54, 1.807) is 0 Å². The Morgan fingerprint density at radius 3 is 2.15 bits per heavy atom. The minimum atomic E-state index is -0.349. The minimum Gasteiger partial charge on any atom is -0.361 e. The van der Waals surface area contributed by atoms with Gasteiger partial charge < -0.3 is 19.5 Å². The van der Waals surface area contributed by atoms with Crippen molar-refractivity contribution in [2.75, 3.05) is 45.3 Å². The van der Waals surface area contributed by atoms with Crippen LogP contribution >= 0.6 is 0 Å². The SMILES string of the molecule is Cc1ccc(C(c2nc3ccccc3[nH]2)N(C2CCN(C)CC2)n2c(C(OC3CCN(C)C3)c3ccccc3)nc3ccccc32)cc1. The van der Waals surface area contributed by atoms with Crippen molar-refractivity contribution in [2.45, 2.75) is 50.5 Å². The van der Waals surface area contributed by atoms with Crippen LogP contribution in [0.2, 0.25) is 0 Å². The first kappa shape index (κ1) is 30.8. The Bertz CT molecular complexity index is 1940. The molecule has 3 unspecified atom stereocenters. The number of ether oxygens (including phenoxy) is 1. The fraction of sp³-hybridized carbons (Fsp3) is 0.350. The van der Waals surface area contributed by atoms with Crippen LogP contribution in [0.1, 0.15) is 59.7 Å². The zero-order chi connectivity index (χ0) is 32.6. The van der Waals surface area contributed by atoms with Crippen LogP contribution in [0.15, 0.2) is 103 Å². The lowest BCUT2D eigenvalue weighted by molar-refractivity contribution is 0.00895. The normalized spacial score (nSPS) is 19.3. The van der Waals surface area contributed by atoms with E-state index >= 15 is 0 Å². The molecule has 1 N–H and O–H groups in total. The lowest BCUT2D eigenvalue weighted by Gasteiger charge is -2.44. The predicted molar refractivity (Wildman–Crippen MR) is 193 cm³/mol. The number of piperidine rings is 1. The van der Waals surface area contributed by atoms with Crippen LogP contribution in [0.4, 0.5) is 0 Å². The molecule has 2 aromatic heterocycles. The largest absolute Gasteiger partial charge is 0.361 e. The summed E-state index contributed by atoms with van der Waals surface area (Å²) in [4.78, 5) is 19.3. The second-order valence-electron chi connectivity index (χ2n) is 13.7. The molecule has 2 aliphatic rings. The molecule has 4 heterocycles.